The zero-order chi connectivity index (χ0) is 15.1. The third-order valence-electron chi connectivity index (χ3n) is 3.16. The van der Waals surface area contributed by atoms with Crippen LogP contribution in [0, 0.1) is 0 Å². The normalized spacial score (nSPS) is 24.9. The van der Waals surface area contributed by atoms with Gasteiger partial charge in [0.05, 0.1) is 0 Å². The molecule has 1 atom stereocenters. The summed E-state index contributed by atoms with van der Waals surface area (Å²) < 4.78 is 10.1. The second-order valence-electron chi connectivity index (χ2n) is 5.50. The number of rotatable bonds is 1. The van der Waals surface area contributed by atoms with Crippen LogP contribution in [0.2, 0.25) is 0 Å². The molecule has 1 amide bonds. The fourth-order valence-electron chi connectivity index (χ4n) is 2.24. The average molecular weight is 282 g/mol. The van der Waals surface area contributed by atoms with E-state index in [2.05, 4.69) is 5.32 Å². The minimum absolute atomic E-state index is 0.0986. The van der Waals surface area contributed by atoms with E-state index >= 15 is 0 Å². The SMILES string of the molecule is CN(C)C(=O)C1CCC(=C2C(=O)OC(C)(C)OC2=O)N1. The Morgan fingerprint density at radius 2 is 1.80 bits per heavy atom. The molecule has 2 rings (SSSR count). The van der Waals surface area contributed by atoms with E-state index in [-0.39, 0.29) is 11.5 Å². The topological polar surface area (TPSA) is 84.9 Å². The molecule has 0 aromatic heterocycles. The lowest BCUT2D eigenvalue weighted by atomic mass is 10.1. The van der Waals surface area contributed by atoms with Gasteiger partial charge in [0.15, 0.2) is 5.57 Å². The first kappa shape index (κ1) is 14.4. The van der Waals surface area contributed by atoms with Gasteiger partial charge in [0.1, 0.15) is 6.04 Å². The summed E-state index contributed by atoms with van der Waals surface area (Å²) in [5.41, 5.74) is 0.272. The fourth-order valence-corrected chi connectivity index (χ4v) is 2.24. The van der Waals surface area contributed by atoms with Gasteiger partial charge in [-0.1, -0.05) is 0 Å². The quantitative estimate of drug-likeness (QED) is 0.411. The van der Waals surface area contributed by atoms with Crippen LogP contribution in [0.1, 0.15) is 26.7 Å². The molecule has 110 valence electrons. The highest BCUT2D eigenvalue weighted by molar-refractivity contribution is 6.16. The van der Waals surface area contributed by atoms with Crippen LogP contribution < -0.4 is 5.32 Å². The van der Waals surface area contributed by atoms with Gasteiger partial charge in [-0.15, -0.1) is 0 Å². The summed E-state index contributed by atoms with van der Waals surface area (Å²) in [4.78, 5) is 37.1. The lowest BCUT2D eigenvalue weighted by Crippen LogP contribution is -2.44. The predicted molar refractivity (Wildman–Crippen MR) is 68.1 cm³/mol. The molecule has 0 saturated carbocycles. The molecule has 0 aromatic carbocycles. The van der Waals surface area contributed by atoms with Crippen LogP contribution in [0.3, 0.4) is 0 Å². The highest BCUT2D eigenvalue weighted by atomic mass is 16.7. The molecule has 0 bridgehead atoms. The molecule has 0 radical (unpaired) electrons. The fraction of sp³-hybridized carbons (Fsp3) is 0.615. The van der Waals surface area contributed by atoms with Crippen molar-refractivity contribution in [2.24, 2.45) is 0 Å². The highest BCUT2D eigenvalue weighted by Gasteiger charge is 2.42. The molecular formula is C13H18N2O5. The van der Waals surface area contributed by atoms with E-state index in [1.165, 1.54) is 18.7 Å². The minimum atomic E-state index is -1.25. The maximum absolute atomic E-state index is 11.9. The van der Waals surface area contributed by atoms with Crippen molar-refractivity contribution in [3.05, 3.63) is 11.3 Å². The van der Waals surface area contributed by atoms with Crippen molar-refractivity contribution < 1.29 is 23.9 Å². The zero-order valence-electron chi connectivity index (χ0n) is 12.0. The molecule has 0 aliphatic carbocycles. The van der Waals surface area contributed by atoms with Crippen molar-refractivity contribution in [2.45, 2.75) is 38.5 Å². The van der Waals surface area contributed by atoms with Gasteiger partial charge >= 0.3 is 11.9 Å². The van der Waals surface area contributed by atoms with E-state index in [1.807, 2.05) is 0 Å². The number of likely N-dealkylation sites (N-methyl/N-ethyl adjacent to an activating group) is 1. The molecule has 2 aliphatic rings. The minimum Gasteiger partial charge on any atom is -0.419 e. The summed E-state index contributed by atoms with van der Waals surface area (Å²) in [5.74, 6) is -2.78. The molecule has 1 N–H and O–H groups in total. The van der Waals surface area contributed by atoms with Crippen molar-refractivity contribution in [1.29, 1.82) is 0 Å². The second kappa shape index (κ2) is 4.81. The predicted octanol–water partition coefficient (Wildman–Crippen LogP) is -0.0832. The standard InChI is InChI=1S/C13H18N2O5/c1-13(2)19-11(17)9(12(18)20-13)7-5-6-8(14-7)10(16)15(3)4/h8,14H,5-6H2,1-4H3. The van der Waals surface area contributed by atoms with E-state index in [0.29, 0.717) is 18.5 Å². The molecule has 7 nitrogen and oxygen atoms in total. The van der Waals surface area contributed by atoms with Crippen molar-refractivity contribution in [3.63, 3.8) is 0 Å². The number of cyclic esters (lactones) is 2. The van der Waals surface area contributed by atoms with Gasteiger partial charge in [-0.2, -0.15) is 0 Å². The largest absolute Gasteiger partial charge is 0.419 e. The number of amides is 1. The maximum Gasteiger partial charge on any atom is 0.350 e. The summed E-state index contributed by atoms with van der Waals surface area (Å²) in [5, 5.41) is 2.92. The van der Waals surface area contributed by atoms with Gasteiger partial charge in [-0.25, -0.2) is 9.59 Å². The molecule has 2 heterocycles. The Hall–Kier alpha value is -2.05. The van der Waals surface area contributed by atoms with Crippen molar-refractivity contribution in [1.82, 2.24) is 10.2 Å². The number of esters is 2. The van der Waals surface area contributed by atoms with Crippen LogP contribution in [-0.4, -0.2) is 48.7 Å². The molecule has 2 saturated heterocycles. The molecular weight excluding hydrogens is 264 g/mol. The third-order valence-corrected chi connectivity index (χ3v) is 3.16. The first-order chi connectivity index (χ1) is 9.21. The Balaban J connectivity index is 2.21. The van der Waals surface area contributed by atoms with E-state index in [4.69, 9.17) is 9.47 Å². The Morgan fingerprint density at radius 3 is 2.30 bits per heavy atom. The van der Waals surface area contributed by atoms with E-state index in [0.717, 1.165) is 0 Å². The summed E-state index contributed by atoms with van der Waals surface area (Å²) >= 11 is 0. The number of carbonyl (C=O) groups excluding carboxylic acids is 3. The summed E-state index contributed by atoms with van der Waals surface area (Å²) in [6.07, 6.45) is 0.962. The highest BCUT2D eigenvalue weighted by Crippen LogP contribution is 2.28. The van der Waals surface area contributed by atoms with Crippen molar-refractivity contribution >= 4 is 17.8 Å². The van der Waals surface area contributed by atoms with Crippen LogP contribution in [0.15, 0.2) is 11.3 Å². The molecule has 2 fully saturated rings. The average Bonchev–Trinajstić information content (AvgIpc) is 2.74. The molecule has 1 unspecified atom stereocenters. The third kappa shape index (κ3) is 2.61. The number of nitrogens with zero attached hydrogens (tertiary/aromatic N) is 1. The van der Waals surface area contributed by atoms with Gasteiger partial charge in [-0.05, 0) is 12.8 Å². The van der Waals surface area contributed by atoms with Crippen molar-refractivity contribution in [2.75, 3.05) is 14.1 Å². The summed E-state index contributed by atoms with van der Waals surface area (Å²) in [6, 6.07) is -0.428. The number of hydrogen-bond acceptors (Lipinski definition) is 6. The lowest BCUT2D eigenvalue weighted by Gasteiger charge is -2.30. The van der Waals surface area contributed by atoms with Crippen LogP contribution in [-0.2, 0) is 23.9 Å². The van der Waals surface area contributed by atoms with E-state index in [9.17, 15) is 14.4 Å². The zero-order valence-corrected chi connectivity index (χ0v) is 12.0. The van der Waals surface area contributed by atoms with Crippen LogP contribution >= 0.6 is 0 Å². The second-order valence-corrected chi connectivity index (χ2v) is 5.50. The maximum atomic E-state index is 11.9. The Labute approximate surface area is 116 Å². The van der Waals surface area contributed by atoms with Crippen LogP contribution in [0.5, 0.6) is 0 Å². The number of nitrogens with one attached hydrogen (secondary N) is 1. The number of ether oxygens (including phenoxy) is 2. The number of carbonyl (C=O) groups is 3. The molecule has 7 heteroatoms. The smallest absolute Gasteiger partial charge is 0.350 e. The number of allylic oxidation sites excluding steroid dienone is 1. The van der Waals surface area contributed by atoms with E-state index in [1.54, 1.807) is 14.1 Å². The monoisotopic (exact) mass is 282 g/mol. The Bertz CT molecular complexity index is 485. The first-order valence-corrected chi connectivity index (χ1v) is 6.39. The summed E-state index contributed by atoms with van der Waals surface area (Å²) in [7, 11) is 3.31. The first-order valence-electron chi connectivity index (χ1n) is 6.39. The van der Waals surface area contributed by atoms with Gasteiger partial charge in [0.2, 0.25) is 5.91 Å². The summed E-state index contributed by atoms with van der Waals surface area (Å²) in [6.45, 7) is 2.98. The van der Waals surface area contributed by atoms with Crippen LogP contribution in [0.4, 0.5) is 0 Å². The van der Waals surface area contributed by atoms with Gasteiger partial charge in [-0.3, -0.25) is 4.79 Å². The Morgan fingerprint density at radius 1 is 1.25 bits per heavy atom. The number of hydrogen-bond donors (Lipinski definition) is 1. The molecule has 2 aliphatic heterocycles. The van der Waals surface area contributed by atoms with Crippen molar-refractivity contribution in [3.8, 4) is 0 Å². The molecule has 0 aromatic rings. The van der Waals surface area contributed by atoms with Crippen LogP contribution in [0.25, 0.3) is 0 Å². The van der Waals surface area contributed by atoms with Gasteiger partial charge < -0.3 is 19.7 Å². The van der Waals surface area contributed by atoms with Gasteiger partial charge in [0.25, 0.3) is 5.79 Å². The Kier molecular flexibility index (Phi) is 3.45. The van der Waals surface area contributed by atoms with E-state index < -0.39 is 23.8 Å². The lowest BCUT2D eigenvalue weighted by molar-refractivity contribution is -0.222. The van der Waals surface area contributed by atoms with Gasteiger partial charge in [0, 0.05) is 33.6 Å². The molecule has 20 heavy (non-hydrogen) atoms. The molecule has 0 spiro atoms.